The normalized spacial score (nSPS) is 11.3. The molecule has 0 atom stereocenters. The molecule has 0 fully saturated rings. The van der Waals surface area contributed by atoms with Crippen LogP contribution < -0.4 is 11.1 Å². The number of hydrogen-bond acceptors (Lipinski definition) is 7. The fraction of sp³-hybridized carbons (Fsp3) is 0.143. The number of aromatic nitrogens is 5. The van der Waals surface area contributed by atoms with E-state index in [-0.39, 0.29) is 0 Å². The van der Waals surface area contributed by atoms with Crippen molar-refractivity contribution in [3.63, 3.8) is 0 Å². The maximum Gasteiger partial charge on any atom is 0.197 e. The van der Waals surface area contributed by atoms with Crippen molar-refractivity contribution < 1.29 is 4.42 Å². The molecule has 0 saturated heterocycles. The smallest absolute Gasteiger partial charge is 0.197 e. The summed E-state index contributed by atoms with van der Waals surface area (Å²) in [6.45, 7) is 0.630. The molecule has 144 valence electrons. The van der Waals surface area contributed by atoms with Crippen LogP contribution in [0.3, 0.4) is 0 Å². The molecule has 0 saturated carbocycles. The van der Waals surface area contributed by atoms with Gasteiger partial charge >= 0.3 is 0 Å². The van der Waals surface area contributed by atoms with Gasteiger partial charge < -0.3 is 15.5 Å². The van der Waals surface area contributed by atoms with Crippen LogP contribution in [-0.2, 0) is 6.42 Å². The van der Waals surface area contributed by atoms with Crippen molar-refractivity contribution in [2.75, 3.05) is 11.9 Å². The number of aryl methyl sites for hydroxylation is 1. The van der Waals surface area contributed by atoms with Gasteiger partial charge in [-0.2, -0.15) is 5.10 Å². The third kappa shape index (κ3) is 3.09. The molecule has 0 aliphatic heterocycles. The number of fused-ring (bicyclic) bond motifs is 2. The van der Waals surface area contributed by atoms with Crippen molar-refractivity contribution in [1.29, 1.82) is 0 Å². The van der Waals surface area contributed by atoms with Gasteiger partial charge in [-0.15, -0.1) is 0 Å². The molecule has 29 heavy (non-hydrogen) atoms. The molecular weight excluding hydrogens is 366 g/mol. The van der Waals surface area contributed by atoms with Crippen LogP contribution in [-0.4, -0.2) is 31.7 Å². The standard InChI is InChI=1S/C21H19N7O/c22-8-2-6-16-18-14(4-1-5-15(18)27-28-16)26-19-13-7-11-23-12-17(13)29-20(19)21-24-9-3-10-25-21/h1,3-5,7,9-12,26H,2,6,8,22H2,(H,27,28). The summed E-state index contributed by atoms with van der Waals surface area (Å²) in [5.74, 6) is 1.08. The molecule has 0 radical (unpaired) electrons. The first-order chi connectivity index (χ1) is 14.3. The Labute approximate surface area is 166 Å². The number of nitrogens with one attached hydrogen (secondary N) is 2. The number of furan rings is 1. The Morgan fingerprint density at radius 1 is 1.07 bits per heavy atom. The number of hydrogen-bond donors (Lipinski definition) is 3. The second-order valence-corrected chi connectivity index (χ2v) is 6.67. The molecule has 8 nitrogen and oxygen atoms in total. The van der Waals surface area contributed by atoms with E-state index in [0.717, 1.165) is 46.2 Å². The minimum absolute atomic E-state index is 0.508. The Kier molecular flexibility index (Phi) is 4.38. The van der Waals surface area contributed by atoms with E-state index in [1.807, 2.05) is 24.3 Å². The molecule has 0 amide bonds. The topological polar surface area (TPSA) is 119 Å². The summed E-state index contributed by atoms with van der Waals surface area (Å²) in [7, 11) is 0. The molecular formula is C21H19N7O. The van der Waals surface area contributed by atoms with Crippen molar-refractivity contribution in [3.05, 3.63) is 60.8 Å². The van der Waals surface area contributed by atoms with E-state index < -0.39 is 0 Å². The van der Waals surface area contributed by atoms with Gasteiger partial charge in [0.15, 0.2) is 17.2 Å². The molecule has 1 aromatic carbocycles. The number of rotatable bonds is 6. The molecule has 8 heteroatoms. The Morgan fingerprint density at radius 2 is 1.97 bits per heavy atom. The van der Waals surface area contributed by atoms with E-state index in [1.165, 1.54) is 0 Å². The molecule has 0 aliphatic rings. The number of pyridine rings is 1. The van der Waals surface area contributed by atoms with Crippen LogP contribution in [0, 0.1) is 0 Å². The third-order valence-electron chi connectivity index (χ3n) is 4.81. The van der Waals surface area contributed by atoms with Gasteiger partial charge in [0, 0.05) is 40.7 Å². The van der Waals surface area contributed by atoms with E-state index in [9.17, 15) is 0 Å². The zero-order chi connectivity index (χ0) is 19.6. The predicted molar refractivity (Wildman–Crippen MR) is 112 cm³/mol. The average molecular weight is 385 g/mol. The van der Waals surface area contributed by atoms with E-state index >= 15 is 0 Å². The number of nitrogens with two attached hydrogens (primary N) is 1. The van der Waals surface area contributed by atoms with Crippen molar-refractivity contribution in [1.82, 2.24) is 25.1 Å². The van der Waals surface area contributed by atoms with Gasteiger partial charge in [-0.25, -0.2) is 9.97 Å². The lowest BCUT2D eigenvalue weighted by molar-refractivity contribution is 0.624. The average Bonchev–Trinajstić information content (AvgIpc) is 3.35. The van der Waals surface area contributed by atoms with Gasteiger partial charge in [0.2, 0.25) is 0 Å². The van der Waals surface area contributed by atoms with Crippen molar-refractivity contribution in [2.24, 2.45) is 5.73 Å². The number of H-pyrrole nitrogens is 1. The lowest BCUT2D eigenvalue weighted by Crippen LogP contribution is -2.01. The van der Waals surface area contributed by atoms with E-state index in [4.69, 9.17) is 10.2 Å². The second-order valence-electron chi connectivity index (χ2n) is 6.67. The van der Waals surface area contributed by atoms with Crippen LogP contribution in [0.25, 0.3) is 33.5 Å². The van der Waals surface area contributed by atoms with Crippen molar-refractivity contribution >= 4 is 33.2 Å². The fourth-order valence-electron chi connectivity index (χ4n) is 3.48. The van der Waals surface area contributed by atoms with E-state index in [2.05, 4.69) is 30.5 Å². The number of aromatic amines is 1. The third-order valence-corrected chi connectivity index (χ3v) is 4.81. The first-order valence-electron chi connectivity index (χ1n) is 9.42. The van der Waals surface area contributed by atoms with E-state index in [1.54, 1.807) is 30.9 Å². The minimum Gasteiger partial charge on any atom is -0.449 e. The Morgan fingerprint density at radius 3 is 2.83 bits per heavy atom. The summed E-state index contributed by atoms with van der Waals surface area (Å²) >= 11 is 0. The second kappa shape index (κ2) is 7.33. The minimum atomic E-state index is 0.508. The number of benzene rings is 1. The zero-order valence-electron chi connectivity index (χ0n) is 15.6. The first kappa shape index (κ1) is 17.3. The molecule has 0 aliphatic carbocycles. The lowest BCUT2D eigenvalue weighted by Gasteiger charge is -2.09. The van der Waals surface area contributed by atoms with Crippen LogP contribution >= 0.6 is 0 Å². The van der Waals surface area contributed by atoms with Gasteiger partial charge in [-0.3, -0.25) is 10.1 Å². The highest BCUT2D eigenvalue weighted by molar-refractivity contribution is 6.03. The Balaban J connectivity index is 1.67. The van der Waals surface area contributed by atoms with Gasteiger partial charge in [0.1, 0.15) is 0 Å². The quantitative estimate of drug-likeness (QED) is 0.407. The highest BCUT2D eigenvalue weighted by Crippen LogP contribution is 2.39. The zero-order valence-corrected chi connectivity index (χ0v) is 15.6. The molecule has 4 heterocycles. The van der Waals surface area contributed by atoms with Gasteiger partial charge in [-0.05, 0) is 43.7 Å². The molecule has 0 unspecified atom stereocenters. The van der Waals surface area contributed by atoms with E-state index in [0.29, 0.717) is 23.7 Å². The lowest BCUT2D eigenvalue weighted by atomic mass is 10.1. The summed E-state index contributed by atoms with van der Waals surface area (Å²) in [5, 5.41) is 13.1. The predicted octanol–water partition coefficient (Wildman–Crippen LogP) is 3.80. The molecule has 0 bridgehead atoms. The first-order valence-corrected chi connectivity index (χ1v) is 9.42. The Bertz CT molecular complexity index is 1280. The molecule has 5 aromatic rings. The van der Waals surface area contributed by atoms with Gasteiger partial charge in [0.25, 0.3) is 0 Å². The van der Waals surface area contributed by atoms with Gasteiger partial charge in [-0.1, -0.05) is 6.07 Å². The number of nitrogens with zero attached hydrogens (tertiary/aromatic N) is 4. The monoisotopic (exact) mass is 385 g/mol. The Hall–Kier alpha value is -3.78. The summed E-state index contributed by atoms with van der Waals surface area (Å²) in [4.78, 5) is 12.9. The van der Waals surface area contributed by atoms with Gasteiger partial charge in [0.05, 0.1) is 17.4 Å². The van der Waals surface area contributed by atoms with Crippen molar-refractivity contribution in [3.8, 4) is 11.6 Å². The van der Waals surface area contributed by atoms with Crippen LogP contribution in [0.1, 0.15) is 12.1 Å². The number of anilines is 2. The molecule has 0 spiro atoms. The highest BCUT2D eigenvalue weighted by atomic mass is 16.3. The summed E-state index contributed by atoms with van der Waals surface area (Å²) < 4.78 is 6.06. The molecule has 4 N–H and O–H groups in total. The summed E-state index contributed by atoms with van der Waals surface area (Å²) in [6.07, 6.45) is 8.53. The van der Waals surface area contributed by atoms with Crippen LogP contribution in [0.5, 0.6) is 0 Å². The van der Waals surface area contributed by atoms with Crippen LogP contribution in [0.15, 0.2) is 59.5 Å². The van der Waals surface area contributed by atoms with Crippen LogP contribution in [0.4, 0.5) is 11.4 Å². The largest absolute Gasteiger partial charge is 0.449 e. The molecule has 4 aromatic heterocycles. The van der Waals surface area contributed by atoms with Crippen molar-refractivity contribution in [2.45, 2.75) is 12.8 Å². The summed E-state index contributed by atoms with van der Waals surface area (Å²) in [5.41, 5.74) is 10.1. The summed E-state index contributed by atoms with van der Waals surface area (Å²) in [6, 6.07) is 9.68. The maximum atomic E-state index is 6.06. The van der Waals surface area contributed by atoms with Crippen LogP contribution in [0.2, 0.25) is 0 Å². The maximum absolute atomic E-state index is 6.06. The fourth-order valence-corrected chi connectivity index (χ4v) is 3.48. The SMILES string of the molecule is NCCCc1[nH]nc2cccc(Nc3c(-c4ncccn4)oc4cnccc34)c12. The highest BCUT2D eigenvalue weighted by Gasteiger charge is 2.20. The molecule has 5 rings (SSSR count).